The molecule has 0 bridgehead atoms. The molecule has 1 amide bonds. The number of thiophene rings is 1. The standard InChI is InChI=1S/C15H17FN2OS/c16-10-4-5-12-11(8-10)13(17)14(20-12)15(19)18-7-6-9-2-1-3-9/h4-5,8-9H,1-3,6-7,17H2,(H,18,19). The van der Waals surface area contributed by atoms with Gasteiger partial charge in [0.25, 0.3) is 5.91 Å². The van der Waals surface area contributed by atoms with Crippen molar-refractivity contribution in [2.24, 2.45) is 5.92 Å². The summed E-state index contributed by atoms with van der Waals surface area (Å²) in [5.41, 5.74) is 6.34. The van der Waals surface area contributed by atoms with Crippen molar-refractivity contribution < 1.29 is 9.18 Å². The van der Waals surface area contributed by atoms with Gasteiger partial charge in [-0.25, -0.2) is 4.39 Å². The van der Waals surface area contributed by atoms with E-state index in [1.165, 1.54) is 42.7 Å². The molecule has 106 valence electrons. The van der Waals surface area contributed by atoms with Crippen molar-refractivity contribution in [3.05, 3.63) is 28.9 Å². The minimum Gasteiger partial charge on any atom is -0.397 e. The molecule has 2 aromatic rings. The normalized spacial score (nSPS) is 15.2. The fourth-order valence-corrected chi connectivity index (χ4v) is 3.53. The van der Waals surface area contributed by atoms with Crippen molar-refractivity contribution in [2.75, 3.05) is 12.3 Å². The van der Waals surface area contributed by atoms with Crippen molar-refractivity contribution in [1.82, 2.24) is 5.32 Å². The van der Waals surface area contributed by atoms with Crippen LogP contribution in [0.25, 0.3) is 10.1 Å². The second kappa shape index (κ2) is 5.40. The summed E-state index contributed by atoms with van der Waals surface area (Å²) in [4.78, 5) is 12.6. The molecule has 0 spiro atoms. The number of nitrogens with two attached hydrogens (primary N) is 1. The van der Waals surface area contributed by atoms with Crippen LogP contribution in [0.4, 0.5) is 10.1 Å². The van der Waals surface area contributed by atoms with Gasteiger partial charge >= 0.3 is 0 Å². The Hall–Kier alpha value is -1.62. The first-order chi connectivity index (χ1) is 9.65. The molecule has 1 heterocycles. The first-order valence-electron chi connectivity index (χ1n) is 6.91. The number of fused-ring (bicyclic) bond motifs is 1. The summed E-state index contributed by atoms with van der Waals surface area (Å²) < 4.78 is 14.1. The third-order valence-electron chi connectivity index (χ3n) is 3.96. The number of carbonyl (C=O) groups excluding carboxylic acids is 1. The maximum atomic E-state index is 13.2. The molecule has 0 saturated heterocycles. The fraction of sp³-hybridized carbons (Fsp3) is 0.400. The second-order valence-corrected chi connectivity index (χ2v) is 6.38. The number of anilines is 1. The highest BCUT2D eigenvalue weighted by Gasteiger charge is 2.19. The highest BCUT2D eigenvalue weighted by atomic mass is 32.1. The van der Waals surface area contributed by atoms with E-state index in [0.717, 1.165) is 17.0 Å². The van der Waals surface area contributed by atoms with Crippen molar-refractivity contribution in [3.8, 4) is 0 Å². The zero-order valence-corrected chi connectivity index (χ0v) is 11.9. The van der Waals surface area contributed by atoms with Gasteiger partial charge in [-0.15, -0.1) is 11.3 Å². The van der Waals surface area contributed by atoms with Crippen LogP contribution in [0, 0.1) is 11.7 Å². The van der Waals surface area contributed by atoms with E-state index < -0.39 is 0 Å². The lowest BCUT2D eigenvalue weighted by atomic mass is 9.83. The molecule has 20 heavy (non-hydrogen) atoms. The van der Waals surface area contributed by atoms with Crippen LogP contribution in [0.2, 0.25) is 0 Å². The van der Waals surface area contributed by atoms with Crippen molar-refractivity contribution >= 4 is 33.0 Å². The molecule has 1 aromatic heterocycles. The van der Waals surface area contributed by atoms with E-state index in [-0.39, 0.29) is 11.7 Å². The van der Waals surface area contributed by atoms with Gasteiger partial charge in [0.05, 0.1) is 5.69 Å². The number of nitrogens with one attached hydrogen (secondary N) is 1. The molecular weight excluding hydrogens is 275 g/mol. The zero-order chi connectivity index (χ0) is 14.1. The molecule has 0 atom stereocenters. The molecule has 3 nitrogen and oxygen atoms in total. The SMILES string of the molecule is Nc1c(C(=O)NCCC2CCC2)sc2ccc(F)cc12. The Morgan fingerprint density at radius 2 is 2.25 bits per heavy atom. The van der Waals surface area contributed by atoms with E-state index in [9.17, 15) is 9.18 Å². The summed E-state index contributed by atoms with van der Waals surface area (Å²) in [6.07, 6.45) is 4.90. The van der Waals surface area contributed by atoms with E-state index in [1.54, 1.807) is 6.07 Å². The van der Waals surface area contributed by atoms with Crippen LogP contribution in [0.3, 0.4) is 0 Å². The van der Waals surface area contributed by atoms with E-state index in [0.29, 0.717) is 22.5 Å². The molecule has 1 saturated carbocycles. The number of halogens is 1. The quantitative estimate of drug-likeness (QED) is 0.905. The summed E-state index contributed by atoms with van der Waals surface area (Å²) in [6.45, 7) is 0.686. The molecule has 0 unspecified atom stereocenters. The van der Waals surface area contributed by atoms with Crippen LogP contribution in [-0.2, 0) is 0 Å². The van der Waals surface area contributed by atoms with Crippen molar-refractivity contribution in [2.45, 2.75) is 25.7 Å². The monoisotopic (exact) mass is 292 g/mol. The van der Waals surface area contributed by atoms with Gasteiger partial charge in [0.15, 0.2) is 0 Å². The molecule has 1 aromatic carbocycles. The number of benzene rings is 1. The van der Waals surface area contributed by atoms with Crippen LogP contribution in [0.1, 0.15) is 35.4 Å². The van der Waals surface area contributed by atoms with Gasteiger partial charge in [-0.05, 0) is 30.5 Å². The average Bonchev–Trinajstić information content (AvgIpc) is 2.70. The minimum absolute atomic E-state index is 0.150. The Bertz CT molecular complexity index is 649. The summed E-state index contributed by atoms with van der Waals surface area (Å²) in [6, 6.07) is 4.43. The maximum Gasteiger partial charge on any atom is 0.263 e. The predicted molar refractivity (Wildman–Crippen MR) is 80.5 cm³/mol. The average molecular weight is 292 g/mol. The topological polar surface area (TPSA) is 55.1 Å². The molecular formula is C15H17FN2OS. The summed E-state index contributed by atoms with van der Waals surface area (Å²) >= 11 is 1.32. The van der Waals surface area contributed by atoms with Crippen molar-refractivity contribution in [3.63, 3.8) is 0 Å². The van der Waals surface area contributed by atoms with E-state index in [1.807, 2.05) is 0 Å². The molecule has 0 aliphatic heterocycles. The molecule has 1 aliphatic rings. The van der Waals surface area contributed by atoms with Gasteiger partial charge < -0.3 is 11.1 Å². The highest BCUT2D eigenvalue weighted by Crippen LogP contribution is 2.34. The largest absolute Gasteiger partial charge is 0.397 e. The Labute approximate surface area is 121 Å². The van der Waals surface area contributed by atoms with E-state index in [4.69, 9.17) is 5.73 Å². The smallest absolute Gasteiger partial charge is 0.263 e. The van der Waals surface area contributed by atoms with Gasteiger partial charge in [-0.3, -0.25) is 4.79 Å². The molecule has 1 aliphatic carbocycles. The summed E-state index contributed by atoms with van der Waals surface area (Å²) in [5, 5.41) is 3.54. The number of hydrogen-bond acceptors (Lipinski definition) is 3. The predicted octanol–water partition coefficient (Wildman–Crippen LogP) is 3.54. The van der Waals surface area contributed by atoms with Gasteiger partial charge in [-0.1, -0.05) is 19.3 Å². The zero-order valence-electron chi connectivity index (χ0n) is 11.1. The maximum absolute atomic E-state index is 13.2. The highest BCUT2D eigenvalue weighted by molar-refractivity contribution is 7.21. The van der Waals surface area contributed by atoms with E-state index >= 15 is 0 Å². The third-order valence-corrected chi connectivity index (χ3v) is 5.14. The van der Waals surface area contributed by atoms with Gasteiger partial charge in [-0.2, -0.15) is 0 Å². The Balaban J connectivity index is 1.71. The molecule has 1 fully saturated rings. The molecule has 3 N–H and O–H groups in total. The minimum atomic E-state index is -0.334. The molecule has 0 radical (unpaired) electrons. The van der Waals surface area contributed by atoms with Crippen molar-refractivity contribution in [1.29, 1.82) is 0 Å². The van der Waals surface area contributed by atoms with Gasteiger partial charge in [0.1, 0.15) is 10.7 Å². The fourth-order valence-electron chi connectivity index (χ4n) is 2.51. The summed E-state index contributed by atoms with van der Waals surface area (Å²) in [7, 11) is 0. The van der Waals surface area contributed by atoms with Gasteiger partial charge in [0.2, 0.25) is 0 Å². The van der Waals surface area contributed by atoms with Crippen LogP contribution < -0.4 is 11.1 Å². The lowest BCUT2D eigenvalue weighted by molar-refractivity contribution is 0.0954. The lowest BCUT2D eigenvalue weighted by Gasteiger charge is -2.25. The molecule has 3 rings (SSSR count). The van der Waals surface area contributed by atoms with Crippen LogP contribution in [0.5, 0.6) is 0 Å². The van der Waals surface area contributed by atoms with E-state index in [2.05, 4.69) is 5.32 Å². The Morgan fingerprint density at radius 1 is 1.45 bits per heavy atom. The van der Waals surface area contributed by atoms with Gasteiger partial charge in [0, 0.05) is 16.6 Å². The number of rotatable bonds is 4. The van der Waals surface area contributed by atoms with Crippen LogP contribution in [0.15, 0.2) is 18.2 Å². The van der Waals surface area contributed by atoms with Crippen LogP contribution in [-0.4, -0.2) is 12.5 Å². The Morgan fingerprint density at radius 3 is 2.95 bits per heavy atom. The first kappa shape index (κ1) is 13.4. The number of hydrogen-bond donors (Lipinski definition) is 2. The number of carbonyl (C=O) groups is 1. The summed E-state index contributed by atoms with van der Waals surface area (Å²) in [5.74, 6) is 0.284. The Kier molecular flexibility index (Phi) is 3.61. The van der Waals surface area contributed by atoms with Crippen LogP contribution >= 0.6 is 11.3 Å². The number of nitrogen functional groups attached to an aromatic ring is 1. The third kappa shape index (κ3) is 2.50. The number of amides is 1. The first-order valence-corrected chi connectivity index (χ1v) is 7.72. The second-order valence-electron chi connectivity index (χ2n) is 5.33. The lowest BCUT2D eigenvalue weighted by Crippen LogP contribution is -2.27. The molecule has 5 heteroatoms.